The van der Waals surface area contributed by atoms with E-state index in [4.69, 9.17) is 10.5 Å². The Bertz CT molecular complexity index is 1380. The smallest absolute Gasteiger partial charge is 0.233 e. The van der Waals surface area contributed by atoms with Crippen molar-refractivity contribution in [2.24, 2.45) is 10.7 Å². The molecule has 0 unspecified atom stereocenters. The van der Waals surface area contributed by atoms with Gasteiger partial charge in [-0.1, -0.05) is 12.0 Å². The molecule has 1 aromatic carbocycles. The molecule has 0 aliphatic carbocycles. The van der Waals surface area contributed by atoms with Gasteiger partial charge in [0.15, 0.2) is 27.0 Å². The Morgan fingerprint density at radius 2 is 2.11 bits per heavy atom. The van der Waals surface area contributed by atoms with Crippen molar-refractivity contribution >= 4 is 27.6 Å². The summed E-state index contributed by atoms with van der Waals surface area (Å²) in [6, 6.07) is 3.75. The molecule has 7 nitrogen and oxygen atoms in total. The molecule has 0 spiro atoms. The predicted molar refractivity (Wildman–Crippen MR) is 126 cm³/mol. The van der Waals surface area contributed by atoms with Gasteiger partial charge in [0, 0.05) is 5.56 Å². The lowest BCUT2D eigenvalue weighted by Gasteiger charge is -2.39. The van der Waals surface area contributed by atoms with Gasteiger partial charge in [-0.3, -0.25) is 4.99 Å². The number of alkyl halides is 1. The number of nitrogens with two attached hydrogens (primary N) is 1. The van der Waals surface area contributed by atoms with Crippen LogP contribution in [0.25, 0.3) is 11.9 Å². The van der Waals surface area contributed by atoms with Crippen LogP contribution in [0.1, 0.15) is 43.5 Å². The summed E-state index contributed by atoms with van der Waals surface area (Å²) in [5.74, 6) is 3.69. The normalized spacial score (nSPS) is 27.1. The van der Waals surface area contributed by atoms with Gasteiger partial charge in [0.25, 0.3) is 0 Å². The first-order valence-electron chi connectivity index (χ1n) is 10.8. The van der Waals surface area contributed by atoms with Gasteiger partial charge in [-0.15, -0.1) is 5.92 Å². The van der Waals surface area contributed by atoms with E-state index in [1.165, 1.54) is 31.5 Å². The molecule has 0 amide bonds. The summed E-state index contributed by atoms with van der Waals surface area (Å²) in [5.41, 5.74) is 4.44. The number of hydrogen-bond acceptors (Lipinski definition) is 7. The second-order valence-corrected chi connectivity index (χ2v) is 11.0. The lowest BCUT2D eigenvalue weighted by molar-refractivity contribution is 0.353. The zero-order valence-electron chi connectivity index (χ0n) is 19.1. The van der Waals surface area contributed by atoms with E-state index in [0.29, 0.717) is 0 Å². The van der Waals surface area contributed by atoms with E-state index >= 15 is 0 Å². The highest BCUT2D eigenvalue weighted by atomic mass is 32.2. The average molecular weight is 505 g/mol. The molecule has 1 saturated heterocycles. The van der Waals surface area contributed by atoms with Gasteiger partial charge >= 0.3 is 0 Å². The largest absolute Gasteiger partial charge is 0.463 e. The lowest BCUT2D eigenvalue weighted by atomic mass is 9.86. The summed E-state index contributed by atoms with van der Waals surface area (Å²) < 4.78 is 73.4. The SMILES string of the molecule is CC#CCOc1cnc(/C(F)=C/c2ccc(F)c([C@@]3(C)N=C(N)[C@@]4(CF)CC[C@@H]3S4(=O)=O)c2)cn1. The minimum absolute atomic E-state index is 0.0271. The fourth-order valence-corrected chi connectivity index (χ4v) is 7.25. The molecule has 4 rings (SSSR count). The van der Waals surface area contributed by atoms with E-state index in [-0.39, 0.29) is 48.0 Å². The van der Waals surface area contributed by atoms with Crippen LogP contribution < -0.4 is 10.5 Å². The van der Waals surface area contributed by atoms with Crippen molar-refractivity contribution in [3.63, 3.8) is 0 Å². The number of aliphatic imine (C=N–C) groups is 1. The molecular formula is C24H23F3N4O3S. The van der Waals surface area contributed by atoms with Crippen LogP contribution >= 0.6 is 0 Å². The van der Waals surface area contributed by atoms with E-state index in [9.17, 15) is 21.6 Å². The molecule has 0 radical (unpaired) electrons. The number of halogens is 3. The maximum atomic E-state index is 15.0. The van der Waals surface area contributed by atoms with Crippen LogP contribution in [0.3, 0.4) is 0 Å². The number of ether oxygens (including phenoxy) is 1. The standard InChI is InChI=1S/C24H23F3N4O3S/c1-3-4-9-34-21-13-29-19(12-30-21)18(27)11-15-5-6-17(26)16(10-15)23(2)20-7-8-24(14-25,22(28)31-23)35(20,32)33/h5-6,10-13,20H,7-9,14H2,1-2H3,(H2,28,31)/b18-11-/t20-,23+,24-/m0/s1. The highest BCUT2D eigenvalue weighted by Gasteiger charge is 2.65. The Hall–Kier alpha value is -3.39. The predicted octanol–water partition coefficient (Wildman–Crippen LogP) is 3.36. The Kier molecular flexibility index (Phi) is 6.36. The third kappa shape index (κ3) is 3.95. The second kappa shape index (κ2) is 9.00. The second-order valence-electron chi connectivity index (χ2n) is 8.53. The zero-order chi connectivity index (χ0) is 25.4. The van der Waals surface area contributed by atoms with Gasteiger partial charge in [-0.05, 0) is 50.5 Å². The van der Waals surface area contributed by atoms with Crippen molar-refractivity contribution < 1.29 is 26.3 Å². The maximum Gasteiger partial charge on any atom is 0.233 e. The Labute approximate surface area is 201 Å². The molecular weight excluding hydrogens is 481 g/mol. The van der Waals surface area contributed by atoms with Crippen LogP contribution in [-0.4, -0.2) is 47.5 Å². The van der Waals surface area contributed by atoms with Crippen molar-refractivity contribution in [3.8, 4) is 17.7 Å². The highest BCUT2D eigenvalue weighted by molar-refractivity contribution is 7.94. The molecule has 35 heavy (non-hydrogen) atoms. The number of sulfone groups is 1. The molecule has 2 aromatic rings. The van der Waals surface area contributed by atoms with E-state index in [0.717, 1.165) is 12.1 Å². The summed E-state index contributed by atoms with van der Waals surface area (Å²) in [7, 11) is -4.08. The van der Waals surface area contributed by atoms with Gasteiger partial charge in [0.1, 0.15) is 29.6 Å². The highest BCUT2D eigenvalue weighted by Crippen LogP contribution is 2.51. The lowest BCUT2D eigenvalue weighted by Crippen LogP contribution is -2.58. The minimum Gasteiger partial charge on any atom is -0.463 e. The molecule has 2 aliphatic rings. The first-order valence-corrected chi connectivity index (χ1v) is 12.3. The molecule has 1 aromatic heterocycles. The summed E-state index contributed by atoms with van der Waals surface area (Å²) >= 11 is 0. The van der Waals surface area contributed by atoms with E-state index in [1.807, 2.05) is 0 Å². The zero-order valence-corrected chi connectivity index (χ0v) is 19.9. The van der Waals surface area contributed by atoms with Gasteiger partial charge in [-0.2, -0.15) is 0 Å². The Morgan fingerprint density at radius 3 is 2.77 bits per heavy atom. The van der Waals surface area contributed by atoms with Crippen molar-refractivity contribution in [3.05, 3.63) is 53.2 Å². The van der Waals surface area contributed by atoms with E-state index in [1.54, 1.807) is 6.92 Å². The Morgan fingerprint density at radius 1 is 1.34 bits per heavy atom. The number of hydrogen-bond donors (Lipinski definition) is 1. The molecule has 2 aliphatic heterocycles. The van der Waals surface area contributed by atoms with Crippen LogP contribution in [0.2, 0.25) is 0 Å². The van der Waals surface area contributed by atoms with Gasteiger partial charge in [0.2, 0.25) is 5.88 Å². The van der Waals surface area contributed by atoms with E-state index < -0.39 is 43.7 Å². The van der Waals surface area contributed by atoms with Crippen LogP contribution in [0.5, 0.6) is 5.88 Å². The number of amidine groups is 1. The van der Waals surface area contributed by atoms with Gasteiger partial charge in [0.05, 0.1) is 17.6 Å². The van der Waals surface area contributed by atoms with Crippen molar-refractivity contribution in [2.45, 2.75) is 42.2 Å². The number of rotatable bonds is 6. The summed E-state index contributed by atoms with van der Waals surface area (Å²) in [6.07, 6.45) is 3.60. The molecule has 2 bridgehead atoms. The van der Waals surface area contributed by atoms with Crippen LogP contribution in [0.4, 0.5) is 13.2 Å². The molecule has 2 N–H and O–H groups in total. The van der Waals surface area contributed by atoms with Crippen molar-refractivity contribution in [2.75, 3.05) is 13.3 Å². The fourth-order valence-electron chi connectivity index (χ4n) is 4.60. The van der Waals surface area contributed by atoms with E-state index in [2.05, 4.69) is 26.8 Å². The number of benzene rings is 1. The van der Waals surface area contributed by atoms with Gasteiger partial charge in [-0.25, -0.2) is 31.6 Å². The molecule has 1 fully saturated rings. The third-order valence-corrected chi connectivity index (χ3v) is 9.62. The minimum atomic E-state index is -4.08. The fraction of sp³-hybridized carbons (Fsp3) is 0.375. The topological polar surface area (TPSA) is 108 Å². The summed E-state index contributed by atoms with van der Waals surface area (Å²) in [4.78, 5) is 12.2. The van der Waals surface area contributed by atoms with Crippen LogP contribution in [0.15, 0.2) is 35.6 Å². The molecule has 11 heteroatoms. The summed E-state index contributed by atoms with van der Waals surface area (Å²) in [6.45, 7) is 2.05. The Balaban J connectivity index is 1.69. The average Bonchev–Trinajstić information content (AvgIpc) is 3.04. The van der Waals surface area contributed by atoms with Crippen LogP contribution in [-0.2, 0) is 15.4 Å². The third-order valence-electron chi connectivity index (χ3n) is 6.56. The number of nitrogens with zero attached hydrogens (tertiary/aromatic N) is 3. The first kappa shape index (κ1) is 24.7. The van der Waals surface area contributed by atoms with Crippen LogP contribution in [0, 0.1) is 17.7 Å². The first-order chi connectivity index (χ1) is 16.6. The van der Waals surface area contributed by atoms with Crippen molar-refractivity contribution in [1.82, 2.24) is 9.97 Å². The van der Waals surface area contributed by atoms with Crippen molar-refractivity contribution in [1.29, 1.82) is 0 Å². The maximum absolute atomic E-state index is 15.0. The summed E-state index contributed by atoms with van der Waals surface area (Å²) in [5, 5.41) is -1.16. The molecule has 184 valence electrons. The quantitative estimate of drug-likeness (QED) is 0.605. The number of fused-ring (bicyclic) bond motifs is 2. The van der Waals surface area contributed by atoms with Gasteiger partial charge < -0.3 is 10.5 Å². The number of aromatic nitrogens is 2. The molecule has 3 heterocycles. The molecule has 3 atom stereocenters. The monoisotopic (exact) mass is 504 g/mol. The molecule has 0 saturated carbocycles.